The standard InChI is InChI=1S/C14H18N2O/c1-16(11-12-5-7-17-8-6-12)14-4-2-3-13(9-14)10-15/h2-4,9,12H,5-8,11H2,1H3. The molecule has 1 aliphatic heterocycles. The van der Waals surface area contributed by atoms with Gasteiger partial charge in [-0.25, -0.2) is 0 Å². The van der Waals surface area contributed by atoms with E-state index in [1.165, 1.54) is 0 Å². The first-order chi connectivity index (χ1) is 8.29. The molecule has 17 heavy (non-hydrogen) atoms. The van der Waals surface area contributed by atoms with Crippen molar-refractivity contribution in [2.24, 2.45) is 5.92 Å². The lowest BCUT2D eigenvalue weighted by Crippen LogP contribution is -2.29. The highest BCUT2D eigenvalue weighted by Crippen LogP contribution is 2.20. The Labute approximate surface area is 103 Å². The Balaban J connectivity index is 1.98. The molecule has 3 heteroatoms. The summed E-state index contributed by atoms with van der Waals surface area (Å²) in [5, 5.41) is 8.88. The van der Waals surface area contributed by atoms with E-state index in [2.05, 4.69) is 24.1 Å². The molecule has 1 aromatic rings. The summed E-state index contributed by atoms with van der Waals surface area (Å²) >= 11 is 0. The fraction of sp³-hybridized carbons (Fsp3) is 0.500. The molecular formula is C14H18N2O. The largest absolute Gasteiger partial charge is 0.381 e. The molecule has 0 saturated carbocycles. The summed E-state index contributed by atoms with van der Waals surface area (Å²) in [6.07, 6.45) is 2.28. The summed E-state index contributed by atoms with van der Waals surface area (Å²) in [6.45, 7) is 2.81. The van der Waals surface area contributed by atoms with E-state index in [0.717, 1.165) is 43.9 Å². The van der Waals surface area contributed by atoms with Crippen molar-refractivity contribution in [2.45, 2.75) is 12.8 Å². The van der Waals surface area contributed by atoms with Gasteiger partial charge in [-0.2, -0.15) is 5.26 Å². The van der Waals surface area contributed by atoms with E-state index in [1.54, 1.807) is 0 Å². The summed E-state index contributed by atoms with van der Waals surface area (Å²) in [4.78, 5) is 2.23. The third kappa shape index (κ3) is 3.21. The van der Waals surface area contributed by atoms with Crippen molar-refractivity contribution in [2.75, 3.05) is 31.7 Å². The molecule has 1 heterocycles. The molecule has 0 aromatic heterocycles. The third-order valence-electron chi connectivity index (χ3n) is 3.29. The third-order valence-corrected chi connectivity index (χ3v) is 3.29. The van der Waals surface area contributed by atoms with Gasteiger partial charge in [-0.3, -0.25) is 0 Å². The van der Waals surface area contributed by atoms with Crippen LogP contribution in [0, 0.1) is 17.2 Å². The van der Waals surface area contributed by atoms with Gasteiger partial charge in [-0.05, 0) is 37.0 Å². The van der Waals surface area contributed by atoms with Gasteiger partial charge in [0.2, 0.25) is 0 Å². The van der Waals surface area contributed by atoms with Crippen LogP contribution in [0.25, 0.3) is 0 Å². The molecule has 0 bridgehead atoms. The quantitative estimate of drug-likeness (QED) is 0.800. The highest BCUT2D eigenvalue weighted by atomic mass is 16.5. The molecular weight excluding hydrogens is 212 g/mol. The Hall–Kier alpha value is -1.53. The summed E-state index contributed by atoms with van der Waals surface area (Å²) in [6, 6.07) is 9.96. The number of hydrogen-bond donors (Lipinski definition) is 0. The Morgan fingerprint density at radius 3 is 2.88 bits per heavy atom. The number of hydrogen-bond acceptors (Lipinski definition) is 3. The average molecular weight is 230 g/mol. The molecule has 0 atom stereocenters. The molecule has 1 aliphatic rings. The van der Waals surface area contributed by atoms with Crippen molar-refractivity contribution in [1.82, 2.24) is 0 Å². The number of benzene rings is 1. The monoisotopic (exact) mass is 230 g/mol. The van der Waals surface area contributed by atoms with E-state index in [9.17, 15) is 0 Å². The van der Waals surface area contributed by atoms with Crippen LogP contribution < -0.4 is 4.90 Å². The van der Waals surface area contributed by atoms with Gasteiger partial charge in [-0.1, -0.05) is 6.07 Å². The van der Waals surface area contributed by atoms with Gasteiger partial charge in [0.15, 0.2) is 0 Å². The maximum absolute atomic E-state index is 8.88. The van der Waals surface area contributed by atoms with Crippen molar-refractivity contribution < 1.29 is 4.74 Å². The Kier molecular flexibility index (Phi) is 4.00. The minimum atomic E-state index is 0.708. The first-order valence-corrected chi connectivity index (χ1v) is 6.08. The second-order valence-electron chi connectivity index (χ2n) is 4.60. The van der Waals surface area contributed by atoms with Gasteiger partial charge in [0.25, 0.3) is 0 Å². The SMILES string of the molecule is CN(CC1CCOCC1)c1cccc(C#N)c1. The fourth-order valence-electron chi connectivity index (χ4n) is 2.23. The molecule has 3 nitrogen and oxygen atoms in total. The van der Waals surface area contributed by atoms with E-state index >= 15 is 0 Å². The second kappa shape index (κ2) is 5.70. The lowest BCUT2D eigenvalue weighted by molar-refractivity contribution is 0.0685. The molecule has 90 valence electrons. The number of nitriles is 1. The molecule has 0 amide bonds. The molecule has 1 saturated heterocycles. The molecule has 0 aliphatic carbocycles. The zero-order valence-electron chi connectivity index (χ0n) is 10.2. The van der Waals surface area contributed by atoms with Gasteiger partial charge < -0.3 is 9.64 Å². The summed E-state index contributed by atoms with van der Waals surface area (Å²) in [5.74, 6) is 0.708. The number of nitrogens with zero attached hydrogens (tertiary/aromatic N) is 2. The number of ether oxygens (including phenoxy) is 1. The van der Waals surface area contributed by atoms with Gasteiger partial charge >= 0.3 is 0 Å². The predicted octanol–water partition coefficient (Wildman–Crippen LogP) is 2.42. The number of rotatable bonds is 3. The van der Waals surface area contributed by atoms with E-state index in [1.807, 2.05) is 18.2 Å². The molecule has 2 rings (SSSR count). The van der Waals surface area contributed by atoms with Crippen LogP contribution in [-0.4, -0.2) is 26.8 Å². The van der Waals surface area contributed by atoms with Gasteiger partial charge in [0.1, 0.15) is 0 Å². The molecule has 0 radical (unpaired) electrons. The molecule has 1 fully saturated rings. The van der Waals surface area contributed by atoms with Crippen LogP contribution >= 0.6 is 0 Å². The lowest BCUT2D eigenvalue weighted by Gasteiger charge is -2.28. The van der Waals surface area contributed by atoms with Crippen LogP contribution in [0.4, 0.5) is 5.69 Å². The van der Waals surface area contributed by atoms with Crippen molar-refractivity contribution in [1.29, 1.82) is 5.26 Å². The number of anilines is 1. The maximum atomic E-state index is 8.88. The molecule has 1 aromatic carbocycles. The first-order valence-electron chi connectivity index (χ1n) is 6.08. The van der Waals surface area contributed by atoms with Crippen molar-refractivity contribution in [3.05, 3.63) is 29.8 Å². The first kappa shape index (κ1) is 11.9. The minimum Gasteiger partial charge on any atom is -0.381 e. The average Bonchev–Trinajstić information content (AvgIpc) is 2.40. The van der Waals surface area contributed by atoms with Crippen molar-refractivity contribution in [3.8, 4) is 6.07 Å². The molecule has 0 unspecified atom stereocenters. The van der Waals surface area contributed by atoms with E-state index in [0.29, 0.717) is 5.92 Å². The van der Waals surface area contributed by atoms with Crippen LogP contribution in [-0.2, 0) is 4.74 Å². The smallest absolute Gasteiger partial charge is 0.0992 e. The summed E-state index contributed by atoms with van der Waals surface area (Å²) < 4.78 is 5.36. The summed E-state index contributed by atoms with van der Waals surface area (Å²) in [5.41, 5.74) is 1.84. The zero-order chi connectivity index (χ0) is 12.1. The lowest BCUT2D eigenvalue weighted by atomic mass is 9.99. The summed E-state index contributed by atoms with van der Waals surface area (Å²) in [7, 11) is 2.09. The van der Waals surface area contributed by atoms with Crippen LogP contribution in [0.3, 0.4) is 0 Å². The Morgan fingerprint density at radius 2 is 2.18 bits per heavy atom. The van der Waals surface area contributed by atoms with Crippen molar-refractivity contribution in [3.63, 3.8) is 0 Å². The van der Waals surface area contributed by atoms with Gasteiger partial charge in [-0.15, -0.1) is 0 Å². The van der Waals surface area contributed by atoms with Gasteiger partial charge in [0, 0.05) is 32.5 Å². The highest BCUT2D eigenvalue weighted by molar-refractivity contribution is 5.50. The van der Waals surface area contributed by atoms with Crippen LogP contribution in [0.15, 0.2) is 24.3 Å². The fourth-order valence-corrected chi connectivity index (χ4v) is 2.23. The van der Waals surface area contributed by atoms with Crippen LogP contribution in [0.5, 0.6) is 0 Å². The van der Waals surface area contributed by atoms with Crippen LogP contribution in [0.2, 0.25) is 0 Å². The van der Waals surface area contributed by atoms with Gasteiger partial charge in [0.05, 0.1) is 11.6 Å². The maximum Gasteiger partial charge on any atom is 0.0992 e. The van der Waals surface area contributed by atoms with E-state index < -0.39 is 0 Å². The normalized spacial score (nSPS) is 16.5. The minimum absolute atomic E-state index is 0.708. The van der Waals surface area contributed by atoms with E-state index in [4.69, 9.17) is 10.00 Å². The van der Waals surface area contributed by atoms with Crippen molar-refractivity contribution >= 4 is 5.69 Å². The predicted molar refractivity (Wildman–Crippen MR) is 68.0 cm³/mol. The van der Waals surface area contributed by atoms with Crippen LogP contribution in [0.1, 0.15) is 18.4 Å². The second-order valence-corrected chi connectivity index (χ2v) is 4.60. The van der Waals surface area contributed by atoms with E-state index in [-0.39, 0.29) is 0 Å². The highest BCUT2D eigenvalue weighted by Gasteiger charge is 2.16. The molecule has 0 N–H and O–H groups in total. The Bertz CT molecular complexity index is 405. The molecule has 0 spiro atoms. The zero-order valence-corrected chi connectivity index (χ0v) is 10.2. The topological polar surface area (TPSA) is 36.3 Å². The Morgan fingerprint density at radius 1 is 1.41 bits per heavy atom.